The van der Waals surface area contributed by atoms with Gasteiger partial charge in [0.1, 0.15) is 0 Å². The maximum atomic E-state index is 12.1. The highest BCUT2D eigenvalue weighted by molar-refractivity contribution is 6.39. The van der Waals surface area contributed by atoms with Crippen molar-refractivity contribution in [3.8, 4) is 0 Å². The molecule has 0 heterocycles. The number of benzene rings is 6. The van der Waals surface area contributed by atoms with Crippen molar-refractivity contribution < 1.29 is 9.90 Å². The van der Waals surface area contributed by atoms with Gasteiger partial charge in [0.05, 0.1) is 5.56 Å². The molecule has 27 heavy (non-hydrogen) atoms. The van der Waals surface area contributed by atoms with Crippen LogP contribution < -0.4 is 0 Å². The van der Waals surface area contributed by atoms with Gasteiger partial charge in [0, 0.05) is 5.39 Å². The minimum atomic E-state index is -0.887. The van der Waals surface area contributed by atoms with Crippen LogP contribution in [0.25, 0.3) is 53.9 Å². The second-order valence-electron chi connectivity index (χ2n) is 7.07. The van der Waals surface area contributed by atoms with E-state index in [1.165, 1.54) is 5.39 Å². The van der Waals surface area contributed by atoms with Gasteiger partial charge < -0.3 is 5.11 Å². The third kappa shape index (κ3) is 1.77. The Kier molecular flexibility index (Phi) is 2.66. The van der Waals surface area contributed by atoms with E-state index in [-0.39, 0.29) is 0 Å². The summed E-state index contributed by atoms with van der Waals surface area (Å²) >= 11 is 0. The minimum Gasteiger partial charge on any atom is -0.478 e. The molecular formula is C25H14O2. The van der Waals surface area contributed by atoms with E-state index in [4.69, 9.17) is 0 Å². The number of fused-ring (bicyclic) bond motifs is 5. The summed E-state index contributed by atoms with van der Waals surface area (Å²) in [5.74, 6) is -0.887. The van der Waals surface area contributed by atoms with E-state index in [0.717, 1.165) is 48.5 Å². The number of aromatic carboxylic acids is 1. The zero-order valence-electron chi connectivity index (χ0n) is 14.4. The van der Waals surface area contributed by atoms with Gasteiger partial charge >= 0.3 is 5.97 Å². The molecule has 0 aliphatic carbocycles. The second kappa shape index (κ2) is 4.95. The van der Waals surface area contributed by atoms with Gasteiger partial charge in [0.2, 0.25) is 0 Å². The van der Waals surface area contributed by atoms with Crippen molar-refractivity contribution in [2.24, 2.45) is 0 Å². The second-order valence-corrected chi connectivity index (χ2v) is 7.07. The molecule has 6 rings (SSSR count). The molecule has 0 spiro atoms. The highest BCUT2D eigenvalue weighted by Gasteiger charge is 2.19. The maximum Gasteiger partial charge on any atom is 0.336 e. The van der Waals surface area contributed by atoms with Crippen molar-refractivity contribution in [3.05, 3.63) is 84.4 Å². The van der Waals surface area contributed by atoms with Crippen molar-refractivity contribution in [3.63, 3.8) is 0 Å². The van der Waals surface area contributed by atoms with Crippen LogP contribution in [0.2, 0.25) is 0 Å². The Bertz CT molecular complexity index is 1540. The van der Waals surface area contributed by atoms with Gasteiger partial charge in [-0.2, -0.15) is 0 Å². The van der Waals surface area contributed by atoms with Gasteiger partial charge in [-0.3, -0.25) is 0 Å². The zero-order valence-corrected chi connectivity index (χ0v) is 14.4. The summed E-state index contributed by atoms with van der Waals surface area (Å²) < 4.78 is 0. The predicted octanol–water partition coefficient (Wildman–Crippen LogP) is 6.59. The van der Waals surface area contributed by atoms with Crippen molar-refractivity contribution in [2.75, 3.05) is 0 Å². The van der Waals surface area contributed by atoms with Crippen LogP contribution in [0, 0.1) is 0 Å². The van der Waals surface area contributed by atoms with Crippen LogP contribution in [0.15, 0.2) is 78.9 Å². The van der Waals surface area contributed by atoms with Crippen LogP contribution >= 0.6 is 0 Å². The summed E-state index contributed by atoms with van der Waals surface area (Å²) in [5.41, 5.74) is 0.363. The van der Waals surface area contributed by atoms with Crippen LogP contribution in [0.4, 0.5) is 0 Å². The lowest BCUT2D eigenvalue weighted by Crippen LogP contribution is -1.99. The first-order valence-electron chi connectivity index (χ1n) is 8.98. The van der Waals surface area contributed by atoms with E-state index in [0.29, 0.717) is 5.56 Å². The lowest BCUT2D eigenvalue weighted by Gasteiger charge is -2.17. The molecule has 0 unspecified atom stereocenters. The predicted molar refractivity (Wildman–Crippen MR) is 112 cm³/mol. The summed E-state index contributed by atoms with van der Waals surface area (Å²) in [6.45, 7) is 0. The highest BCUT2D eigenvalue weighted by atomic mass is 16.4. The van der Waals surface area contributed by atoms with Crippen molar-refractivity contribution in [1.29, 1.82) is 0 Å². The Labute approximate surface area is 154 Å². The fraction of sp³-hybridized carbons (Fsp3) is 0. The first kappa shape index (κ1) is 14.5. The lowest BCUT2D eigenvalue weighted by atomic mass is 9.85. The lowest BCUT2D eigenvalue weighted by molar-refractivity contribution is 0.0699. The van der Waals surface area contributed by atoms with Crippen LogP contribution in [0.5, 0.6) is 0 Å². The largest absolute Gasteiger partial charge is 0.478 e. The third-order valence-electron chi connectivity index (χ3n) is 5.73. The van der Waals surface area contributed by atoms with Crippen LogP contribution in [-0.2, 0) is 0 Å². The number of hydrogen-bond acceptors (Lipinski definition) is 1. The van der Waals surface area contributed by atoms with Crippen molar-refractivity contribution in [2.45, 2.75) is 0 Å². The Balaban J connectivity index is 2.12. The molecule has 0 atom stereocenters. The average molecular weight is 346 g/mol. The number of carboxylic acids is 1. The Morgan fingerprint density at radius 3 is 2.00 bits per heavy atom. The van der Waals surface area contributed by atoms with E-state index in [1.54, 1.807) is 6.07 Å². The molecule has 6 aromatic rings. The minimum absolute atomic E-state index is 0.363. The summed E-state index contributed by atoms with van der Waals surface area (Å²) in [6.07, 6.45) is 0. The molecule has 0 fully saturated rings. The monoisotopic (exact) mass is 346 g/mol. The van der Waals surface area contributed by atoms with Crippen molar-refractivity contribution >= 4 is 59.8 Å². The Morgan fingerprint density at radius 2 is 1.15 bits per heavy atom. The molecule has 2 nitrogen and oxygen atoms in total. The van der Waals surface area contributed by atoms with Gasteiger partial charge in [-0.1, -0.05) is 72.8 Å². The Morgan fingerprint density at radius 1 is 0.519 bits per heavy atom. The third-order valence-corrected chi connectivity index (χ3v) is 5.73. The normalized spacial score (nSPS) is 12.0. The SMILES string of the molecule is O=C(O)c1ccc2ccc3cccc4c5ccc6ccccc6c5c1c2c34. The van der Waals surface area contributed by atoms with Gasteiger partial charge in [0.25, 0.3) is 0 Å². The topological polar surface area (TPSA) is 37.3 Å². The molecule has 0 aliphatic rings. The van der Waals surface area contributed by atoms with Gasteiger partial charge in [-0.25, -0.2) is 4.79 Å². The zero-order chi connectivity index (χ0) is 18.1. The number of hydrogen-bond donors (Lipinski definition) is 1. The Hall–Kier alpha value is -3.65. The van der Waals surface area contributed by atoms with Gasteiger partial charge in [0.15, 0.2) is 0 Å². The molecule has 126 valence electrons. The van der Waals surface area contributed by atoms with Gasteiger partial charge in [-0.15, -0.1) is 0 Å². The first-order valence-corrected chi connectivity index (χ1v) is 8.98. The number of carbonyl (C=O) groups is 1. The van der Waals surface area contributed by atoms with E-state index in [2.05, 4.69) is 54.6 Å². The van der Waals surface area contributed by atoms with Crippen LogP contribution in [-0.4, -0.2) is 11.1 Å². The van der Waals surface area contributed by atoms with Crippen molar-refractivity contribution in [1.82, 2.24) is 0 Å². The van der Waals surface area contributed by atoms with E-state index in [9.17, 15) is 9.90 Å². The van der Waals surface area contributed by atoms with Crippen LogP contribution in [0.1, 0.15) is 10.4 Å². The summed E-state index contributed by atoms with van der Waals surface area (Å²) in [4.78, 5) is 12.1. The quantitative estimate of drug-likeness (QED) is 0.269. The molecule has 6 aromatic carbocycles. The number of carboxylic acid groups (broad SMARTS) is 1. The molecule has 0 saturated heterocycles. The molecule has 1 N–H and O–H groups in total. The summed E-state index contributed by atoms with van der Waals surface area (Å²) in [5, 5.41) is 20.7. The molecule has 0 amide bonds. The molecular weight excluding hydrogens is 332 g/mol. The van der Waals surface area contributed by atoms with E-state index < -0.39 is 5.97 Å². The standard InChI is InChI=1S/C25H14O2/c26-25(27)20-13-11-16-9-8-15-5-3-7-18-19-12-10-14-4-1-2-6-17(14)23(19)24(20)22(16)21(15)18/h1-13H,(H,26,27). The smallest absolute Gasteiger partial charge is 0.336 e. The van der Waals surface area contributed by atoms with E-state index >= 15 is 0 Å². The summed E-state index contributed by atoms with van der Waals surface area (Å²) in [6, 6.07) is 26.7. The first-order chi connectivity index (χ1) is 13.2. The summed E-state index contributed by atoms with van der Waals surface area (Å²) in [7, 11) is 0. The molecule has 0 saturated carbocycles. The molecule has 0 radical (unpaired) electrons. The van der Waals surface area contributed by atoms with Gasteiger partial charge in [-0.05, 0) is 54.5 Å². The fourth-order valence-electron chi connectivity index (χ4n) is 4.62. The molecule has 0 aliphatic heterocycles. The molecule has 0 bridgehead atoms. The van der Waals surface area contributed by atoms with E-state index in [1.807, 2.05) is 18.2 Å². The highest BCUT2D eigenvalue weighted by Crippen LogP contribution is 2.44. The molecule has 0 aromatic heterocycles. The average Bonchev–Trinajstić information content (AvgIpc) is 2.71. The molecule has 2 heteroatoms. The fourth-order valence-corrected chi connectivity index (χ4v) is 4.62. The van der Waals surface area contributed by atoms with Crippen LogP contribution in [0.3, 0.4) is 0 Å². The maximum absolute atomic E-state index is 12.1. The number of rotatable bonds is 1.